The first-order valence-corrected chi connectivity index (χ1v) is 11.0. The second kappa shape index (κ2) is 13.8. The Morgan fingerprint density at radius 2 is 1.52 bits per heavy atom. The van der Waals surface area contributed by atoms with Crippen LogP contribution in [0.1, 0.15) is 77.6 Å². The Morgan fingerprint density at radius 3 is 2.00 bits per heavy atom. The Balaban J connectivity index is 3.61. The molecule has 1 unspecified atom stereocenters. The van der Waals surface area contributed by atoms with Gasteiger partial charge in [-0.15, -0.1) is 0 Å². The van der Waals surface area contributed by atoms with E-state index in [1.807, 2.05) is 0 Å². The first-order chi connectivity index (χ1) is 10.9. The number of sulfone groups is 1. The maximum atomic E-state index is 11.8. The van der Waals surface area contributed by atoms with E-state index in [9.17, 15) is 18.3 Å². The van der Waals surface area contributed by atoms with Gasteiger partial charge < -0.3 is 10.4 Å². The predicted octanol–water partition coefficient (Wildman–Crippen LogP) is 2.82. The number of unbranched alkanes of at least 4 members (excludes halogenated alkanes) is 8. The van der Waals surface area contributed by atoms with E-state index in [1.54, 1.807) is 0 Å². The number of hydrogen-bond donors (Lipinski definition) is 2. The fourth-order valence-corrected chi connectivity index (χ4v) is 3.17. The molecule has 0 heterocycles. The summed E-state index contributed by atoms with van der Waals surface area (Å²) in [4.78, 5) is 11.8. The van der Waals surface area contributed by atoms with Crippen molar-refractivity contribution in [3.63, 3.8) is 0 Å². The maximum absolute atomic E-state index is 11.8. The predicted molar refractivity (Wildman–Crippen MR) is 95.2 cm³/mol. The van der Waals surface area contributed by atoms with Gasteiger partial charge in [0.05, 0.1) is 18.4 Å². The van der Waals surface area contributed by atoms with Crippen molar-refractivity contribution in [2.75, 3.05) is 18.6 Å². The third-order valence-corrected chi connectivity index (χ3v) is 4.91. The summed E-state index contributed by atoms with van der Waals surface area (Å²) in [6, 6.07) is -0.462. The van der Waals surface area contributed by atoms with E-state index in [-0.39, 0.29) is 24.7 Å². The molecule has 0 fully saturated rings. The lowest BCUT2D eigenvalue weighted by Crippen LogP contribution is -2.38. The largest absolute Gasteiger partial charge is 0.394 e. The Hall–Kier alpha value is -0.620. The van der Waals surface area contributed by atoms with E-state index in [1.165, 1.54) is 38.5 Å². The van der Waals surface area contributed by atoms with E-state index < -0.39 is 15.9 Å². The Kier molecular flexibility index (Phi) is 13.4. The number of amides is 1. The molecule has 1 amide bonds. The lowest BCUT2D eigenvalue weighted by Gasteiger charge is -2.15. The summed E-state index contributed by atoms with van der Waals surface area (Å²) in [6.07, 6.45) is 12.7. The molecule has 0 aromatic heterocycles. The first kappa shape index (κ1) is 22.4. The fraction of sp³-hybridized carbons (Fsp3) is 0.941. The zero-order valence-corrected chi connectivity index (χ0v) is 15.7. The van der Waals surface area contributed by atoms with Gasteiger partial charge >= 0.3 is 0 Å². The lowest BCUT2D eigenvalue weighted by atomic mass is 10.1. The Bertz CT molecular complexity index is 395. The molecule has 0 spiro atoms. The van der Waals surface area contributed by atoms with Gasteiger partial charge in [0.1, 0.15) is 9.84 Å². The number of nitrogens with one attached hydrogen (secondary N) is 1. The van der Waals surface area contributed by atoms with Crippen LogP contribution in [-0.2, 0) is 14.6 Å². The Morgan fingerprint density at radius 1 is 1.00 bits per heavy atom. The molecular formula is C17H35NO4S. The van der Waals surface area contributed by atoms with Gasteiger partial charge in [0, 0.05) is 12.7 Å². The summed E-state index contributed by atoms with van der Waals surface area (Å²) >= 11 is 0. The molecule has 23 heavy (non-hydrogen) atoms. The average molecular weight is 350 g/mol. The molecule has 0 radical (unpaired) electrons. The molecule has 1 atom stereocenters. The number of aliphatic hydroxyl groups excluding tert-OH is 1. The maximum Gasteiger partial charge on any atom is 0.220 e. The summed E-state index contributed by atoms with van der Waals surface area (Å²) in [7, 11) is -3.06. The smallest absolute Gasteiger partial charge is 0.220 e. The van der Waals surface area contributed by atoms with Crippen molar-refractivity contribution >= 4 is 15.7 Å². The molecule has 0 aliphatic heterocycles. The van der Waals surface area contributed by atoms with Gasteiger partial charge in [0.25, 0.3) is 0 Å². The third-order valence-electron chi connectivity index (χ3n) is 3.93. The highest BCUT2D eigenvalue weighted by Gasteiger charge is 2.13. The second-order valence-electron chi connectivity index (χ2n) is 6.44. The zero-order chi connectivity index (χ0) is 17.6. The van der Waals surface area contributed by atoms with Crippen molar-refractivity contribution in [3.05, 3.63) is 0 Å². The van der Waals surface area contributed by atoms with E-state index in [0.29, 0.717) is 6.42 Å². The van der Waals surface area contributed by atoms with Gasteiger partial charge in [-0.3, -0.25) is 4.79 Å². The topological polar surface area (TPSA) is 83.5 Å². The quantitative estimate of drug-likeness (QED) is 0.445. The molecule has 0 bridgehead atoms. The highest BCUT2D eigenvalue weighted by Crippen LogP contribution is 2.10. The van der Waals surface area contributed by atoms with Crippen molar-refractivity contribution in [2.24, 2.45) is 0 Å². The SMILES string of the molecule is CCCCCCCCCCCC(=O)NC(CO)CCS(C)(=O)=O. The van der Waals surface area contributed by atoms with Gasteiger partial charge in [-0.2, -0.15) is 0 Å². The number of aliphatic hydroxyl groups is 1. The minimum atomic E-state index is -3.06. The summed E-state index contributed by atoms with van der Waals surface area (Å²) in [5.74, 6) is -0.114. The van der Waals surface area contributed by atoms with Gasteiger partial charge in [0.15, 0.2) is 0 Å². The van der Waals surface area contributed by atoms with E-state index in [0.717, 1.165) is 25.5 Å². The van der Waals surface area contributed by atoms with Gasteiger partial charge in [-0.05, 0) is 12.8 Å². The molecule has 6 heteroatoms. The van der Waals surface area contributed by atoms with Crippen LogP contribution in [-0.4, -0.2) is 44.1 Å². The molecule has 138 valence electrons. The molecule has 5 nitrogen and oxygen atoms in total. The molecule has 0 aromatic rings. The van der Waals surface area contributed by atoms with Crippen LogP contribution in [0.2, 0.25) is 0 Å². The second-order valence-corrected chi connectivity index (χ2v) is 8.70. The molecular weight excluding hydrogens is 314 g/mol. The summed E-state index contributed by atoms with van der Waals surface area (Å²) in [5.41, 5.74) is 0. The summed E-state index contributed by atoms with van der Waals surface area (Å²) in [6.45, 7) is 1.99. The number of carbonyl (C=O) groups excluding carboxylic acids is 1. The van der Waals surface area contributed by atoms with Gasteiger partial charge in [-0.25, -0.2) is 8.42 Å². The van der Waals surface area contributed by atoms with Crippen LogP contribution in [0.25, 0.3) is 0 Å². The van der Waals surface area contributed by atoms with E-state index in [4.69, 9.17) is 0 Å². The van der Waals surface area contributed by atoms with Crippen LogP contribution in [0, 0.1) is 0 Å². The van der Waals surface area contributed by atoms with E-state index >= 15 is 0 Å². The van der Waals surface area contributed by atoms with E-state index in [2.05, 4.69) is 12.2 Å². The summed E-state index contributed by atoms with van der Waals surface area (Å²) in [5, 5.41) is 11.9. The Labute approximate surface area is 142 Å². The molecule has 0 saturated heterocycles. The van der Waals surface area contributed by atoms with Crippen molar-refractivity contribution in [1.29, 1.82) is 0 Å². The fourth-order valence-electron chi connectivity index (χ4n) is 2.46. The highest BCUT2D eigenvalue weighted by molar-refractivity contribution is 7.90. The van der Waals surface area contributed by atoms with Crippen LogP contribution in [0.5, 0.6) is 0 Å². The molecule has 0 rings (SSSR count). The van der Waals surface area contributed by atoms with Crippen molar-refractivity contribution in [2.45, 2.75) is 83.6 Å². The van der Waals surface area contributed by atoms with Crippen LogP contribution in [0.15, 0.2) is 0 Å². The normalized spacial score (nSPS) is 13.0. The molecule has 0 saturated carbocycles. The summed E-state index contributed by atoms with van der Waals surface area (Å²) < 4.78 is 22.2. The molecule has 0 aromatic carbocycles. The van der Waals surface area contributed by atoms with Crippen molar-refractivity contribution in [1.82, 2.24) is 5.32 Å². The highest BCUT2D eigenvalue weighted by atomic mass is 32.2. The van der Waals surface area contributed by atoms with Crippen LogP contribution < -0.4 is 5.32 Å². The number of hydrogen-bond acceptors (Lipinski definition) is 4. The van der Waals surface area contributed by atoms with Crippen molar-refractivity contribution in [3.8, 4) is 0 Å². The minimum Gasteiger partial charge on any atom is -0.394 e. The first-order valence-electron chi connectivity index (χ1n) is 8.97. The van der Waals surface area contributed by atoms with Gasteiger partial charge in [0.2, 0.25) is 5.91 Å². The van der Waals surface area contributed by atoms with Gasteiger partial charge in [-0.1, -0.05) is 58.3 Å². The van der Waals surface area contributed by atoms with Crippen LogP contribution in [0.4, 0.5) is 0 Å². The van der Waals surface area contributed by atoms with Crippen molar-refractivity contribution < 1.29 is 18.3 Å². The lowest BCUT2D eigenvalue weighted by molar-refractivity contribution is -0.122. The standard InChI is InChI=1S/C17H35NO4S/c1-3-4-5-6-7-8-9-10-11-12-17(20)18-16(15-19)13-14-23(2,21)22/h16,19H,3-15H2,1-2H3,(H,18,20). The number of rotatable bonds is 15. The molecule has 0 aliphatic carbocycles. The minimum absolute atomic E-state index is 0.0173. The monoisotopic (exact) mass is 349 g/mol. The van der Waals surface area contributed by atoms with Crippen LogP contribution in [0.3, 0.4) is 0 Å². The molecule has 0 aliphatic rings. The third kappa shape index (κ3) is 16.0. The molecule has 2 N–H and O–H groups in total. The number of carbonyl (C=O) groups is 1. The zero-order valence-electron chi connectivity index (χ0n) is 14.8. The van der Waals surface area contributed by atoms with Crippen LogP contribution >= 0.6 is 0 Å². The average Bonchev–Trinajstić information content (AvgIpc) is 2.49.